The predicted molar refractivity (Wildman–Crippen MR) is 71.8 cm³/mol. The van der Waals surface area contributed by atoms with Gasteiger partial charge in [0.15, 0.2) is 0 Å². The Morgan fingerprint density at radius 1 is 1.45 bits per heavy atom. The number of aliphatic hydroxyl groups is 1. The molecule has 7 nitrogen and oxygen atoms in total. The third-order valence-electron chi connectivity index (χ3n) is 3.43. The minimum absolute atomic E-state index is 0.0322. The maximum absolute atomic E-state index is 12.5. The second-order valence-electron chi connectivity index (χ2n) is 4.82. The summed E-state index contributed by atoms with van der Waals surface area (Å²) >= 11 is 0. The van der Waals surface area contributed by atoms with E-state index in [1.165, 1.54) is 29.4 Å². The standard InChI is InChI=1S/C12H16N2O5S/c1-9-11(14(16)17)5-2-6-12(9)20(18,19)13-7-3-4-10(15)8-13/h2,5-6,10,15H,3-4,7-8H2,1H3/t10-/m0/s1. The summed E-state index contributed by atoms with van der Waals surface area (Å²) in [5, 5.41) is 20.5. The van der Waals surface area contributed by atoms with Gasteiger partial charge in [0.25, 0.3) is 5.69 Å². The van der Waals surface area contributed by atoms with Crippen LogP contribution in [-0.4, -0.2) is 41.9 Å². The molecule has 0 amide bonds. The summed E-state index contributed by atoms with van der Waals surface area (Å²) in [5.41, 5.74) is -0.0961. The van der Waals surface area contributed by atoms with E-state index in [1.54, 1.807) is 0 Å². The number of nitro benzene ring substituents is 1. The molecule has 0 unspecified atom stereocenters. The molecule has 0 spiro atoms. The van der Waals surface area contributed by atoms with Crippen LogP contribution in [0.3, 0.4) is 0 Å². The van der Waals surface area contributed by atoms with Crippen molar-refractivity contribution < 1.29 is 18.4 Å². The molecule has 0 bridgehead atoms. The quantitative estimate of drug-likeness (QED) is 0.664. The van der Waals surface area contributed by atoms with Crippen molar-refractivity contribution in [2.24, 2.45) is 0 Å². The van der Waals surface area contributed by atoms with Gasteiger partial charge in [0, 0.05) is 24.7 Å². The number of nitro groups is 1. The molecule has 1 atom stereocenters. The van der Waals surface area contributed by atoms with Crippen LogP contribution in [0, 0.1) is 17.0 Å². The van der Waals surface area contributed by atoms with E-state index in [2.05, 4.69) is 0 Å². The van der Waals surface area contributed by atoms with Crippen LogP contribution >= 0.6 is 0 Å². The van der Waals surface area contributed by atoms with Gasteiger partial charge in [-0.15, -0.1) is 0 Å². The normalized spacial score (nSPS) is 20.8. The Morgan fingerprint density at radius 2 is 2.15 bits per heavy atom. The van der Waals surface area contributed by atoms with Crippen molar-refractivity contribution >= 4 is 15.7 Å². The number of rotatable bonds is 3. The molecule has 0 aliphatic carbocycles. The van der Waals surface area contributed by atoms with Crippen LogP contribution in [0.25, 0.3) is 0 Å². The first-order valence-corrected chi connectivity index (χ1v) is 7.70. The number of benzene rings is 1. The summed E-state index contributed by atoms with van der Waals surface area (Å²) in [6.45, 7) is 1.78. The van der Waals surface area contributed by atoms with Gasteiger partial charge in [-0.3, -0.25) is 10.1 Å². The maximum atomic E-state index is 12.5. The first-order chi connectivity index (χ1) is 9.34. The van der Waals surface area contributed by atoms with E-state index >= 15 is 0 Å². The fourth-order valence-corrected chi connectivity index (χ4v) is 4.12. The molecular weight excluding hydrogens is 284 g/mol. The fraction of sp³-hybridized carbons (Fsp3) is 0.500. The molecule has 1 heterocycles. The molecule has 1 aliphatic rings. The highest BCUT2D eigenvalue weighted by Crippen LogP contribution is 2.28. The molecule has 2 rings (SSSR count). The molecular formula is C12H16N2O5S. The lowest BCUT2D eigenvalue weighted by Gasteiger charge is -2.29. The topological polar surface area (TPSA) is 101 Å². The lowest BCUT2D eigenvalue weighted by atomic mass is 10.1. The smallest absolute Gasteiger partial charge is 0.273 e. The fourth-order valence-electron chi connectivity index (χ4n) is 2.36. The summed E-state index contributed by atoms with van der Waals surface area (Å²) in [6.07, 6.45) is 0.464. The number of hydrogen-bond donors (Lipinski definition) is 1. The van der Waals surface area contributed by atoms with Crippen molar-refractivity contribution in [3.8, 4) is 0 Å². The molecule has 110 valence electrons. The minimum atomic E-state index is -3.81. The summed E-state index contributed by atoms with van der Waals surface area (Å²) < 4.78 is 26.2. The number of nitrogens with zero attached hydrogens (tertiary/aromatic N) is 2. The second kappa shape index (κ2) is 5.47. The predicted octanol–water partition coefficient (Wildman–Crippen LogP) is 1.05. The Kier molecular flexibility index (Phi) is 4.07. The van der Waals surface area contributed by atoms with Crippen LogP contribution in [0.4, 0.5) is 5.69 Å². The molecule has 0 saturated carbocycles. The minimum Gasteiger partial charge on any atom is -0.392 e. The van der Waals surface area contributed by atoms with Crippen molar-refractivity contribution in [2.75, 3.05) is 13.1 Å². The van der Waals surface area contributed by atoms with Crippen molar-refractivity contribution in [3.63, 3.8) is 0 Å². The van der Waals surface area contributed by atoms with Gasteiger partial charge < -0.3 is 5.11 Å². The van der Waals surface area contributed by atoms with E-state index in [9.17, 15) is 23.6 Å². The average Bonchev–Trinajstić information content (AvgIpc) is 2.38. The van der Waals surface area contributed by atoms with Crippen LogP contribution in [0.2, 0.25) is 0 Å². The van der Waals surface area contributed by atoms with E-state index in [0.717, 1.165) is 0 Å². The molecule has 20 heavy (non-hydrogen) atoms. The summed E-state index contributed by atoms with van der Waals surface area (Å²) in [6, 6.07) is 4.00. The zero-order valence-electron chi connectivity index (χ0n) is 11.0. The SMILES string of the molecule is Cc1c([N+](=O)[O-])cccc1S(=O)(=O)N1CCC[C@H](O)C1. The Labute approximate surface area is 117 Å². The summed E-state index contributed by atoms with van der Waals surface area (Å²) in [4.78, 5) is 10.2. The van der Waals surface area contributed by atoms with Crippen LogP contribution < -0.4 is 0 Å². The molecule has 0 radical (unpaired) electrons. The van der Waals surface area contributed by atoms with E-state index in [0.29, 0.717) is 19.4 Å². The lowest BCUT2D eigenvalue weighted by molar-refractivity contribution is -0.385. The molecule has 1 fully saturated rings. The zero-order valence-corrected chi connectivity index (χ0v) is 11.8. The van der Waals surface area contributed by atoms with Crippen LogP contribution in [0.1, 0.15) is 18.4 Å². The second-order valence-corrected chi connectivity index (χ2v) is 6.72. The number of aliphatic hydroxyl groups excluding tert-OH is 1. The number of hydrogen-bond acceptors (Lipinski definition) is 5. The van der Waals surface area contributed by atoms with Gasteiger partial charge in [0.2, 0.25) is 10.0 Å². The average molecular weight is 300 g/mol. The van der Waals surface area contributed by atoms with Crippen molar-refractivity contribution in [2.45, 2.75) is 30.8 Å². The third-order valence-corrected chi connectivity index (χ3v) is 5.44. The Bertz CT molecular complexity index is 629. The number of β-amino-alcohol motifs (C(OH)–C–C–N with tert-alkyl or cyclic N) is 1. The van der Waals surface area contributed by atoms with E-state index in [4.69, 9.17) is 0 Å². The van der Waals surface area contributed by atoms with E-state index in [-0.39, 0.29) is 22.7 Å². The number of piperidine rings is 1. The van der Waals surface area contributed by atoms with E-state index < -0.39 is 21.1 Å². The first kappa shape index (κ1) is 14.9. The zero-order chi connectivity index (χ0) is 14.9. The van der Waals surface area contributed by atoms with Gasteiger partial charge in [-0.25, -0.2) is 8.42 Å². The van der Waals surface area contributed by atoms with E-state index in [1.807, 2.05) is 0 Å². The van der Waals surface area contributed by atoms with Crippen molar-refractivity contribution in [1.82, 2.24) is 4.31 Å². The van der Waals surface area contributed by atoms with Gasteiger partial charge in [-0.1, -0.05) is 6.07 Å². The Hall–Kier alpha value is -1.51. The molecule has 1 aliphatic heterocycles. The highest BCUT2D eigenvalue weighted by molar-refractivity contribution is 7.89. The van der Waals surface area contributed by atoms with Crippen LogP contribution in [0.5, 0.6) is 0 Å². The summed E-state index contributed by atoms with van der Waals surface area (Å²) in [7, 11) is -3.81. The van der Waals surface area contributed by atoms with Gasteiger partial charge in [0.1, 0.15) is 0 Å². The van der Waals surface area contributed by atoms with Crippen LogP contribution in [-0.2, 0) is 10.0 Å². The maximum Gasteiger partial charge on any atom is 0.273 e. The Balaban J connectivity index is 2.44. The highest BCUT2D eigenvalue weighted by Gasteiger charge is 2.32. The molecule has 1 N–H and O–H groups in total. The van der Waals surface area contributed by atoms with Gasteiger partial charge in [-0.2, -0.15) is 4.31 Å². The molecule has 1 aromatic rings. The molecule has 1 aromatic carbocycles. The summed E-state index contributed by atoms with van der Waals surface area (Å²) in [5.74, 6) is 0. The third kappa shape index (κ3) is 2.67. The molecule has 8 heteroatoms. The van der Waals surface area contributed by atoms with Crippen molar-refractivity contribution in [1.29, 1.82) is 0 Å². The molecule has 0 aromatic heterocycles. The monoisotopic (exact) mass is 300 g/mol. The number of sulfonamides is 1. The first-order valence-electron chi connectivity index (χ1n) is 6.26. The van der Waals surface area contributed by atoms with Crippen molar-refractivity contribution in [3.05, 3.63) is 33.9 Å². The Morgan fingerprint density at radius 3 is 2.75 bits per heavy atom. The largest absolute Gasteiger partial charge is 0.392 e. The molecule has 1 saturated heterocycles. The van der Waals surface area contributed by atoms with Crippen LogP contribution in [0.15, 0.2) is 23.1 Å². The lowest BCUT2D eigenvalue weighted by Crippen LogP contribution is -2.42. The van der Waals surface area contributed by atoms with Gasteiger partial charge in [0.05, 0.1) is 15.9 Å². The highest BCUT2D eigenvalue weighted by atomic mass is 32.2. The van der Waals surface area contributed by atoms with Gasteiger partial charge >= 0.3 is 0 Å². The van der Waals surface area contributed by atoms with Gasteiger partial charge in [-0.05, 0) is 25.8 Å².